The van der Waals surface area contributed by atoms with Gasteiger partial charge in [-0.15, -0.1) is 11.3 Å². The van der Waals surface area contributed by atoms with Crippen molar-refractivity contribution in [3.8, 4) is 17.6 Å². The summed E-state index contributed by atoms with van der Waals surface area (Å²) >= 11 is 7.86. The number of nitrogens with one attached hydrogen (secondary N) is 2. The lowest BCUT2D eigenvalue weighted by Gasteiger charge is -2.11. The van der Waals surface area contributed by atoms with Crippen molar-refractivity contribution < 1.29 is 13.9 Å². The van der Waals surface area contributed by atoms with Gasteiger partial charge in [0.2, 0.25) is 5.91 Å². The van der Waals surface area contributed by atoms with Crippen LogP contribution in [0.25, 0.3) is 10.2 Å². The van der Waals surface area contributed by atoms with Gasteiger partial charge in [0.15, 0.2) is 5.82 Å². The van der Waals surface area contributed by atoms with Crippen LogP contribution in [0, 0.1) is 17.7 Å². The molecule has 2 N–H and O–H groups in total. The molecule has 2 aromatic carbocycles. The van der Waals surface area contributed by atoms with Gasteiger partial charge in [-0.3, -0.25) is 4.79 Å². The Morgan fingerprint density at radius 1 is 1.21 bits per heavy atom. The summed E-state index contributed by atoms with van der Waals surface area (Å²) in [5.74, 6) is 6.77. The van der Waals surface area contributed by atoms with Crippen molar-refractivity contribution in [3.63, 3.8) is 0 Å². The fourth-order valence-corrected chi connectivity index (χ4v) is 4.19. The Hall–Kier alpha value is -3.67. The van der Waals surface area contributed by atoms with Crippen molar-refractivity contribution >= 4 is 50.6 Å². The first-order valence-electron chi connectivity index (χ1n) is 10.5. The van der Waals surface area contributed by atoms with Gasteiger partial charge in [-0.25, -0.2) is 14.4 Å². The number of thiophene rings is 1. The molecule has 2 heterocycles. The van der Waals surface area contributed by atoms with E-state index in [2.05, 4.69) is 32.4 Å². The van der Waals surface area contributed by atoms with Gasteiger partial charge in [0.05, 0.1) is 26.7 Å². The summed E-state index contributed by atoms with van der Waals surface area (Å²) in [5, 5.41) is 6.40. The SMILES string of the molecule is CCC(=O)NCC#Cc1cc2ncnc(Nc3ccc(OCc4cccc(F)c4)c(Cl)c3)c2s1. The smallest absolute Gasteiger partial charge is 0.220 e. The Morgan fingerprint density at radius 2 is 2.09 bits per heavy atom. The number of carbonyl (C=O) groups excluding carboxylic acids is 1. The Kier molecular flexibility index (Phi) is 7.58. The first kappa shape index (κ1) is 23.5. The van der Waals surface area contributed by atoms with E-state index in [1.165, 1.54) is 29.8 Å². The molecule has 172 valence electrons. The number of rotatable bonds is 7. The summed E-state index contributed by atoms with van der Waals surface area (Å²) in [6, 6.07) is 13.4. The van der Waals surface area contributed by atoms with Gasteiger partial charge in [-0.05, 0) is 42.0 Å². The van der Waals surface area contributed by atoms with E-state index in [1.54, 1.807) is 31.2 Å². The number of fused-ring (bicyclic) bond motifs is 1. The third-order valence-electron chi connectivity index (χ3n) is 4.70. The minimum absolute atomic E-state index is 0.0352. The summed E-state index contributed by atoms with van der Waals surface area (Å²) in [4.78, 5) is 20.8. The highest BCUT2D eigenvalue weighted by atomic mass is 35.5. The summed E-state index contributed by atoms with van der Waals surface area (Å²) < 4.78 is 19.9. The lowest BCUT2D eigenvalue weighted by molar-refractivity contribution is -0.120. The molecule has 4 aromatic rings. The normalized spacial score (nSPS) is 10.4. The second-order valence-corrected chi connectivity index (χ2v) is 8.63. The van der Waals surface area contributed by atoms with E-state index in [-0.39, 0.29) is 18.3 Å². The number of amides is 1. The molecule has 0 aliphatic heterocycles. The summed E-state index contributed by atoms with van der Waals surface area (Å²) in [6.45, 7) is 2.30. The Balaban J connectivity index is 1.45. The lowest BCUT2D eigenvalue weighted by Crippen LogP contribution is -2.22. The van der Waals surface area contributed by atoms with Gasteiger partial charge in [-0.2, -0.15) is 0 Å². The van der Waals surface area contributed by atoms with Gasteiger partial charge >= 0.3 is 0 Å². The molecule has 0 saturated heterocycles. The first-order chi connectivity index (χ1) is 16.5. The highest BCUT2D eigenvalue weighted by Crippen LogP contribution is 2.33. The van der Waals surface area contributed by atoms with Gasteiger partial charge in [0, 0.05) is 12.1 Å². The van der Waals surface area contributed by atoms with Crippen LogP contribution < -0.4 is 15.4 Å². The Labute approximate surface area is 205 Å². The lowest BCUT2D eigenvalue weighted by atomic mass is 10.2. The molecular weight excluding hydrogens is 475 g/mol. The van der Waals surface area contributed by atoms with Crippen LogP contribution in [0.3, 0.4) is 0 Å². The number of benzene rings is 2. The third-order valence-corrected chi connectivity index (χ3v) is 6.04. The number of aromatic nitrogens is 2. The highest BCUT2D eigenvalue weighted by molar-refractivity contribution is 7.20. The van der Waals surface area contributed by atoms with Gasteiger partial charge in [0.25, 0.3) is 0 Å². The fraction of sp³-hybridized carbons (Fsp3) is 0.160. The topological polar surface area (TPSA) is 76.1 Å². The molecule has 2 aromatic heterocycles. The standard InChI is InChI=1S/C25H20ClFN4O2S/c1-2-23(32)28-10-4-7-19-13-21-24(34-19)25(30-15-29-21)31-18-8-9-22(20(26)12-18)33-14-16-5-3-6-17(27)11-16/h3,5-6,8-9,11-13,15H,2,10,14H2,1H3,(H,28,32)(H,29,30,31). The maximum absolute atomic E-state index is 13.3. The number of carbonyl (C=O) groups is 1. The molecule has 1 amide bonds. The first-order valence-corrected chi connectivity index (χ1v) is 11.6. The molecule has 4 rings (SSSR count). The van der Waals surface area contributed by atoms with E-state index in [1.807, 2.05) is 12.1 Å². The van der Waals surface area contributed by atoms with Gasteiger partial charge in [0.1, 0.15) is 24.5 Å². The fourth-order valence-electron chi connectivity index (χ4n) is 3.02. The van der Waals surface area contributed by atoms with Crippen LogP contribution in [-0.4, -0.2) is 22.4 Å². The molecule has 9 heteroatoms. The molecule has 0 aliphatic rings. The molecule has 0 bridgehead atoms. The zero-order chi connectivity index (χ0) is 23.9. The predicted octanol–water partition coefficient (Wildman–Crippen LogP) is 5.68. The maximum Gasteiger partial charge on any atom is 0.220 e. The summed E-state index contributed by atoms with van der Waals surface area (Å²) in [6.07, 6.45) is 1.91. The number of hydrogen-bond acceptors (Lipinski definition) is 6. The minimum atomic E-state index is -0.311. The number of halogens is 2. The molecule has 0 radical (unpaired) electrons. The minimum Gasteiger partial charge on any atom is -0.487 e. The maximum atomic E-state index is 13.3. The van der Waals surface area contributed by atoms with E-state index in [9.17, 15) is 9.18 Å². The van der Waals surface area contributed by atoms with Crippen molar-refractivity contribution in [1.29, 1.82) is 0 Å². The van der Waals surface area contributed by atoms with Crippen LogP contribution >= 0.6 is 22.9 Å². The van der Waals surface area contributed by atoms with Crippen LogP contribution in [0.1, 0.15) is 23.8 Å². The van der Waals surface area contributed by atoms with E-state index >= 15 is 0 Å². The van der Waals surface area contributed by atoms with Crippen LogP contribution in [0.15, 0.2) is 54.9 Å². The zero-order valence-corrected chi connectivity index (χ0v) is 19.8. The molecule has 0 aliphatic carbocycles. The summed E-state index contributed by atoms with van der Waals surface area (Å²) in [7, 11) is 0. The second-order valence-electron chi connectivity index (χ2n) is 7.17. The molecule has 0 fully saturated rings. The van der Waals surface area contributed by atoms with Crippen molar-refractivity contribution in [3.05, 3.63) is 76.1 Å². The van der Waals surface area contributed by atoms with Crippen molar-refractivity contribution in [2.75, 3.05) is 11.9 Å². The predicted molar refractivity (Wildman–Crippen MR) is 133 cm³/mol. The average molecular weight is 495 g/mol. The van der Waals surface area contributed by atoms with Crippen molar-refractivity contribution in [2.24, 2.45) is 0 Å². The van der Waals surface area contributed by atoms with E-state index in [0.717, 1.165) is 20.8 Å². The quantitative estimate of drug-likeness (QED) is 0.323. The van der Waals surface area contributed by atoms with Crippen LogP contribution in [-0.2, 0) is 11.4 Å². The van der Waals surface area contributed by atoms with Gasteiger partial charge < -0.3 is 15.4 Å². The van der Waals surface area contributed by atoms with E-state index < -0.39 is 0 Å². The molecule has 0 spiro atoms. The number of anilines is 2. The molecule has 0 unspecified atom stereocenters. The number of ether oxygens (including phenoxy) is 1. The van der Waals surface area contributed by atoms with Crippen LogP contribution in [0.2, 0.25) is 5.02 Å². The average Bonchev–Trinajstić information content (AvgIpc) is 3.25. The van der Waals surface area contributed by atoms with Gasteiger partial charge in [-0.1, -0.05) is 42.5 Å². The Morgan fingerprint density at radius 3 is 2.88 bits per heavy atom. The number of nitrogens with zero attached hydrogens (tertiary/aromatic N) is 2. The van der Waals surface area contributed by atoms with Crippen molar-refractivity contribution in [2.45, 2.75) is 20.0 Å². The van der Waals surface area contributed by atoms with Crippen LogP contribution in [0.4, 0.5) is 15.9 Å². The monoisotopic (exact) mass is 494 g/mol. The Bertz CT molecular complexity index is 1400. The number of hydrogen-bond donors (Lipinski definition) is 2. The third kappa shape index (κ3) is 6.01. The second kappa shape index (κ2) is 11.0. The highest BCUT2D eigenvalue weighted by Gasteiger charge is 2.10. The largest absolute Gasteiger partial charge is 0.487 e. The molecule has 0 atom stereocenters. The molecular formula is C25H20ClFN4O2S. The van der Waals surface area contributed by atoms with Crippen LogP contribution in [0.5, 0.6) is 5.75 Å². The van der Waals surface area contributed by atoms with E-state index in [0.29, 0.717) is 35.1 Å². The molecule has 6 nitrogen and oxygen atoms in total. The summed E-state index contributed by atoms with van der Waals surface area (Å²) in [5.41, 5.74) is 2.21. The zero-order valence-electron chi connectivity index (χ0n) is 18.2. The molecule has 34 heavy (non-hydrogen) atoms. The molecule has 0 saturated carbocycles. The van der Waals surface area contributed by atoms with E-state index in [4.69, 9.17) is 16.3 Å². The van der Waals surface area contributed by atoms with Crippen molar-refractivity contribution in [1.82, 2.24) is 15.3 Å².